The quantitative estimate of drug-likeness (QED) is 0.780. The number of ether oxygens (including phenoxy) is 2. The molecule has 0 saturated carbocycles. The smallest absolute Gasteiger partial charge is 0.319 e. The standard InChI is InChI=1S/C20H25F2N3O3/c1-3-27-18-16(12-23-19(24-18)28-4-2)20(26)7-9-25(10-8-20)13-14-11-15(21)5-6-17(14)22/h5-6,11-12,26H,3-4,7-10,13H2,1-2H3. The third kappa shape index (κ3) is 4.56. The van der Waals surface area contributed by atoms with Gasteiger partial charge in [0, 0.05) is 31.4 Å². The second-order valence-electron chi connectivity index (χ2n) is 6.78. The lowest BCUT2D eigenvalue weighted by molar-refractivity contribution is -0.0305. The maximum atomic E-state index is 13.9. The van der Waals surface area contributed by atoms with Crippen LogP contribution < -0.4 is 9.47 Å². The fourth-order valence-electron chi connectivity index (χ4n) is 3.37. The molecule has 1 aliphatic heterocycles. The Morgan fingerprint density at radius 1 is 1.14 bits per heavy atom. The second-order valence-corrected chi connectivity index (χ2v) is 6.78. The molecular formula is C20H25F2N3O3. The van der Waals surface area contributed by atoms with E-state index in [-0.39, 0.29) is 12.6 Å². The molecule has 28 heavy (non-hydrogen) atoms. The summed E-state index contributed by atoms with van der Waals surface area (Å²) in [7, 11) is 0. The highest BCUT2D eigenvalue weighted by Gasteiger charge is 2.37. The summed E-state index contributed by atoms with van der Waals surface area (Å²) in [4.78, 5) is 10.4. The van der Waals surface area contributed by atoms with Gasteiger partial charge in [-0.2, -0.15) is 4.98 Å². The predicted molar refractivity (Wildman–Crippen MR) is 99.1 cm³/mol. The fourth-order valence-corrected chi connectivity index (χ4v) is 3.37. The number of hydrogen-bond acceptors (Lipinski definition) is 6. The molecule has 0 atom stereocenters. The summed E-state index contributed by atoms with van der Waals surface area (Å²) in [6, 6.07) is 3.66. The number of halogens is 2. The van der Waals surface area contributed by atoms with Gasteiger partial charge in [-0.05, 0) is 44.9 Å². The predicted octanol–water partition coefficient (Wildman–Crippen LogP) is 3.04. The van der Waals surface area contributed by atoms with Gasteiger partial charge in [0.15, 0.2) is 0 Å². The van der Waals surface area contributed by atoms with Crippen molar-refractivity contribution in [3.05, 3.63) is 47.2 Å². The summed E-state index contributed by atoms with van der Waals surface area (Å²) in [6.45, 7) is 5.83. The van der Waals surface area contributed by atoms with E-state index in [1.54, 1.807) is 6.20 Å². The number of benzene rings is 1. The molecule has 0 unspecified atom stereocenters. The molecule has 8 heteroatoms. The summed E-state index contributed by atoms with van der Waals surface area (Å²) in [6.07, 6.45) is 2.35. The van der Waals surface area contributed by atoms with E-state index < -0.39 is 17.2 Å². The van der Waals surface area contributed by atoms with Gasteiger partial charge >= 0.3 is 6.01 Å². The Morgan fingerprint density at radius 3 is 2.54 bits per heavy atom. The zero-order valence-corrected chi connectivity index (χ0v) is 16.1. The number of nitrogens with zero attached hydrogens (tertiary/aromatic N) is 3. The van der Waals surface area contributed by atoms with Gasteiger partial charge in [-0.1, -0.05) is 0 Å². The molecule has 0 bridgehead atoms. The van der Waals surface area contributed by atoms with Crippen molar-refractivity contribution in [3.63, 3.8) is 0 Å². The molecule has 1 N–H and O–H groups in total. The lowest BCUT2D eigenvalue weighted by Gasteiger charge is -2.38. The summed E-state index contributed by atoms with van der Waals surface area (Å²) in [5, 5.41) is 11.2. The number of piperidine rings is 1. The molecule has 1 aliphatic rings. The number of likely N-dealkylation sites (tertiary alicyclic amines) is 1. The summed E-state index contributed by atoms with van der Waals surface area (Å²) >= 11 is 0. The number of aliphatic hydroxyl groups is 1. The van der Waals surface area contributed by atoms with Gasteiger partial charge in [-0.3, -0.25) is 4.90 Å². The van der Waals surface area contributed by atoms with Gasteiger partial charge < -0.3 is 14.6 Å². The Balaban J connectivity index is 1.72. The maximum absolute atomic E-state index is 13.9. The van der Waals surface area contributed by atoms with Crippen LogP contribution in [0.2, 0.25) is 0 Å². The normalized spacial score (nSPS) is 16.8. The molecule has 1 saturated heterocycles. The molecule has 2 heterocycles. The minimum atomic E-state index is -1.15. The molecule has 152 valence electrons. The van der Waals surface area contributed by atoms with Crippen molar-refractivity contribution < 1.29 is 23.4 Å². The van der Waals surface area contributed by atoms with Crippen LogP contribution >= 0.6 is 0 Å². The van der Waals surface area contributed by atoms with E-state index in [4.69, 9.17) is 9.47 Å². The second kappa shape index (κ2) is 8.79. The highest BCUT2D eigenvalue weighted by molar-refractivity contribution is 5.32. The van der Waals surface area contributed by atoms with Crippen molar-refractivity contribution in [2.24, 2.45) is 0 Å². The van der Waals surface area contributed by atoms with Crippen LogP contribution in [0.4, 0.5) is 8.78 Å². The maximum Gasteiger partial charge on any atom is 0.319 e. The Bertz CT molecular complexity index is 811. The molecule has 3 rings (SSSR count). The number of hydrogen-bond donors (Lipinski definition) is 1. The summed E-state index contributed by atoms with van der Waals surface area (Å²) in [5.74, 6) is -0.577. The van der Waals surface area contributed by atoms with Crippen LogP contribution in [-0.4, -0.2) is 46.3 Å². The summed E-state index contributed by atoms with van der Waals surface area (Å²) < 4.78 is 38.2. The Labute approximate surface area is 163 Å². The highest BCUT2D eigenvalue weighted by atomic mass is 19.1. The molecule has 0 aliphatic carbocycles. The van der Waals surface area contributed by atoms with E-state index in [9.17, 15) is 13.9 Å². The van der Waals surface area contributed by atoms with Crippen molar-refractivity contribution in [2.75, 3.05) is 26.3 Å². The van der Waals surface area contributed by atoms with Gasteiger partial charge in [0.1, 0.15) is 11.6 Å². The SMILES string of the molecule is CCOc1ncc(C2(O)CCN(Cc3cc(F)ccc3F)CC2)c(OCC)n1. The molecule has 0 radical (unpaired) electrons. The average Bonchev–Trinajstić information content (AvgIpc) is 2.67. The first-order valence-corrected chi connectivity index (χ1v) is 9.47. The molecule has 2 aromatic rings. The minimum absolute atomic E-state index is 0.206. The zero-order chi connectivity index (χ0) is 20.1. The van der Waals surface area contributed by atoms with Crippen molar-refractivity contribution in [2.45, 2.75) is 38.8 Å². The minimum Gasteiger partial charge on any atom is -0.478 e. The van der Waals surface area contributed by atoms with Crippen LogP contribution in [0.1, 0.15) is 37.8 Å². The molecule has 6 nitrogen and oxygen atoms in total. The number of rotatable bonds is 7. The van der Waals surface area contributed by atoms with E-state index in [1.165, 1.54) is 6.07 Å². The third-order valence-electron chi connectivity index (χ3n) is 4.87. The van der Waals surface area contributed by atoms with Gasteiger partial charge in [0.2, 0.25) is 5.88 Å². The van der Waals surface area contributed by atoms with Gasteiger partial charge in [-0.15, -0.1) is 0 Å². The van der Waals surface area contributed by atoms with E-state index >= 15 is 0 Å². The van der Waals surface area contributed by atoms with E-state index in [2.05, 4.69) is 9.97 Å². The first-order chi connectivity index (χ1) is 13.4. The molecular weight excluding hydrogens is 368 g/mol. The summed E-state index contributed by atoms with van der Waals surface area (Å²) in [5.41, 5.74) is -0.314. The first-order valence-electron chi connectivity index (χ1n) is 9.47. The van der Waals surface area contributed by atoms with E-state index in [0.29, 0.717) is 56.2 Å². The molecule has 1 aromatic heterocycles. The zero-order valence-electron chi connectivity index (χ0n) is 16.1. The Hall–Kier alpha value is -2.32. The van der Waals surface area contributed by atoms with Crippen molar-refractivity contribution >= 4 is 0 Å². The van der Waals surface area contributed by atoms with Gasteiger partial charge in [0.05, 0.1) is 24.4 Å². The first kappa shape index (κ1) is 20.4. The largest absolute Gasteiger partial charge is 0.478 e. The molecule has 0 amide bonds. The van der Waals surface area contributed by atoms with Crippen LogP contribution in [-0.2, 0) is 12.1 Å². The van der Waals surface area contributed by atoms with E-state index in [0.717, 1.165) is 12.1 Å². The Morgan fingerprint density at radius 2 is 1.86 bits per heavy atom. The monoisotopic (exact) mass is 393 g/mol. The topological polar surface area (TPSA) is 67.7 Å². The van der Waals surface area contributed by atoms with Crippen LogP contribution in [0.15, 0.2) is 24.4 Å². The van der Waals surface area contributed by atoms with Crippen LogP contribution in [0.25, 0.3) is 0 Å². The van der Waals surface area contributed by atoms with Crippen molar-refractivity contribution in [1.29, 1.82) is 0 Å². The Kier molecular flexibility index (Phi) is 6.41. The van der Waals surface area contributed by atoms with Gasteiger partial charge in [-0.25, -0.2) is 13.8 Å². The van der Waals surface area contributed by atoms with Crippen LogP contribution in [0, 0.1) is 11.6 Å². The molecule has 1 aromatic carbocycles. The average molecular weight is 393 g/mol. The highest BCUT2D eigenvalue weighted by Crippen LogP contribution is 2.38. The number of aromatic nitrogens is 2. The van der Waals surface area contributed by atoms with Crippen molar-refractivity contribution in [1.82, 2.24) is 14.9 Å². The lowest BCUT2D eigenvalue weighted by Crippen LogP contribution is -2.42. The van der Waals surface area contributed by atoms with E-state index in [1.807, 2.05) is 18.7 Å². The van der Waals surface area contributed by atoms with Crippen LogP contribution in [0.3, 0.4) is 0 Å². The fraction of sp³-hybridized carbons (Fsp3) is 0.500. The molecule has 1 fully saturated rings. The molecule has 0 spiro atoms. The van der Waals surface area contributed by atoms with Crippen LogP contribution in [0.5, 0.6) is 11.9 Å². The van der Waals surface area contributed by atoms with Gasteiger partial charge in [0.25, 0.3) is 0 Å². The van der Waals surface area contributed by atoms with Crippen molar-refractivity contribution in [3.8, 4) is 11.9 Å². The lowest BCUT2D eigenvalue weighted by atomic mass is 9.85. The third-order valence-corrected chi connectivity index (χ3v) is 4.87.